The number of amides is 2. The molecule has 0 aliphatic carbocycles. The number of nitrogens with zero attached hydrogens (tertiary/aromatic N) is 4. The zero-order valence-corrected chi connectivity index (χ0v) is 32.2. The minimum Gasteiger partial charge on any atom is -0.492 e. The highest BCUT2D eigenvalue weighted by atomic mass is 16.5. The molecule has 2 amide bonds. The predicted molar refractivity (Wildman–Crippen MR) is 216 cm³/mol. The van der Waals surface area contributed by atoms with Crippen molar-refractivity contribution in [3.8, 4) is 22.6 Å². The fraction of sp³-hybridized carbons (Fsp3) is 0.391. The minimum absolute atomic E-state index is 0.135. The maximum atomic E-state index is 14.5. The molecule has 9 nitrogen and oxygen atoms in total. The van der Waals surface area contributed by atoms with Gasteiger partial charge in [0.1, 0.15) is 36.4 Å². The molecule has 1 aromatic heterocycles. The summed E-state index contributed by atoms with van der Waals surface area (Å²) in [5.41, 5.74) is 5.20. The second-order valence-electron chi connectivity index (χ2n) is 14.5. The van der Waals surface area contributed by atoms with E-state index in [-0.39, 0.29) is 24.8 Å². The number of hydrogen-bond acceptors (Lipinski definition) is 6. The highest BCUT2D eigenvalue weighted by Gasteiger charge is 2.32. The van der Waals surface area contributed by atoms with E-state index in [1.165, 1.54) is 51.4 Å². The minimum atomic E-state index is -0.838. The zero-order chi connectivity index (χ0) is 38.1. The van der Waals surface area contributed by atoms with Gasteiger partial charge >= 0.3 is 0 Å². The van der Waals surface area contributed by atoms with Crippen molar-refractivity contribution in [2.24, 2.45) is 0 Å². The Morgan fingerprint density at radius 2 is 1.45 bits per heavy atom. The van der Waals surface area contributed by atoms with Gasteiger partial charge in [-0.3, -0.25) is 9.59 Å². The van der Waals surface area contributed by atoms with E-state index in [4.69, 9.17) is 9.47 Å². The highest BCUT2D eigenvalue weighted by Crippen LogP contribution is 2.30. The lowest BCUT2D eigenvalue weighted by Gasteiger charge is -2.32. The van der Waals surface area contributed by atoms with Crippen molar-refractivity contribution in [3.63, 3.8) is 0 Å². The molecule has 0 radical (unpaired) electrons. The molecule has 4 aliphatic rings. The van der Waals surface area contributed by atoms with Crippen molar-refractivity contribution in [1.29, 1.82) is 0 Å². The van der Waals surface area contributed by atoms with E-state index in [1.54, 1.807) is 9.58 Å². The molecule has 0 saturated heterocycles. The van der Waals surface area contributed by atoms with Gasteiger partial charge in [0.05, 0.1) is 19.2 Å². The maximum Gasteiger partial charge on any atom is 0.247 e. The fourth-order valence-corrected chi connectivity index (χ4v) is 7.04. The molecule has 5 aromatic rings. The summed E-state index contributed by atoms with van der Waals surface area (Å²) in [5.74, 6) is 1.10. The summed E-state index contributed by atoms with van der Waals surface area (Å²) in [4.78, 5) is 30.7. The molecular weight excluding hydrogens is 687 g/mol. The maximum absolute atomic E-state index is 14.5. The zero-order valence-electron chi connectivity index (χ0n) is 32.2. The first-order valence-corrected chi connectivity index (χ1v) is 20.1. The topological polar surface area (TPSA) is 98.6 Å². The first-order chi connectivity index (χ1) is 27.1. The predicted octanol–water partition coefficient (Wildman–Crippen LogP) is 9.27. The number of ether oxygens (including phenoxy) is 2. The Balaban J connectivity index is 1.25. The molecule has 8 bridgehead atoms. The molecule has 55 heavy (non-hydrogen) atoms. The van der Waals surface area contributed by atoms with Gasteiger partial charge in [-0.05, 0) is 64.6 Å². The van der Waals surface area contributed by atoms with E-state index in [0.29, 0.717) is 37.8 Å². The fourth-order valence-electron chi connectivity index (χ4n) is 7.04. The molecule has 1 atom stereocenters. The molecule has 5 heterocycles. The quantitative estimate of drug-likeness (QED) is 0.114. The smallest absolute Gasteiger partial charge is 0.247 e. The Morgan fingerprint density at radius 3 is 2.20 bits per heavy atom. The number of nitrogens with one attached hydrogen (secondary N) is 1. The summed E-state index contributed by atoms with van der Waals surface area (Å²) in [5, 5.41) is 11.7. The van der Waals surface area contributed by atoms with Crippen molar-refractivity contribution in [2.75, 3.05) is 13.2 Å². The van der Waals surface area contributed by atoms with E-state index < -0.39 is 6.04 Å². The van der Waals surface area contributed by atoms with Crippen LogP contribution in [0.5, 0.6) is 11.5 Å². The first kappa shape index (κ1) is 39.3. The Labute approximate surface area is 326 Å². The van der Waals surface area contributed by atoms with Crippen molar-refractivity contribution in [1.82, 2.24) is 25.2 Å². The van der Waals surface area contributed by atoms with Gasteiger partial charge in [0, 0.05) is 13.1 Å². The molecule has 288 valence electrons. The van der Waals surface area contributed by atoms with Gasteiger partial charge < -0.3 is 19.7 Å². The van der Waals surface area contributed by atoms with Crippen LogP contribution in [-0.2, 0) is 35.7 Å². The summed E-state index contributed by atoms with van der Waals surface area (Å²) in [7, 11) is 0. The molecule has 9 rings (SSSR count). The summed E-state index contributed by atoms with van der Waals surface area (Å²) in [6, 6.07) is 32.5. The van der Waals surface area contributed by atoms with Crippen LogP contribution in [0.25, 0.3) is 11.1 Å². The van der Waals surface area contributed by atoms with Gasteiger partial charge in [0.25, 0.3) is 0 Å². The molecule has 1 unspecified atom stereocenters. The molecular formula is C46H55N5O4. The van der Waals surface area contributed by atoms with Crippen LogP contribution in [0.2, 0.25) is 0 Å². The van der Waals surface area contributed by atoms with Crippen LogP contribution >= 0.6 is 0 Å². The van der Waals surface area contributed by atoms with Crippen molar-refractivity contribution >= 4 is 11.8 Å². The molecule has 4 aromatic carbocycles. The number of carbonyl (C=O) groups is 2. The second kappa shape index (κ2) is 20.9. The number of benzene rings is 4. The van der Waals surface area contributed by atoms with Crippen LogP contribution < -0.4 is 14.8 Å². The van der Waals surface area contributed by atoms with Gasteiger partial charge in [-0.1, -0.05) is 143 Å². The number of rotatable bonds is 14. The lowest BCUT2D eigenvalue weighted by Crippen LogP contribution is -2.44. The Morgan fingerprint density at radius 1 is 0.764 bits per heavy atom. The van der Waals surface area contributed by atoms with Crippen molar-refractivity contribution in [3.05, 3.63) is 132 Å². The van der Waals surface area contributed by atoms with Crippen molar-refractivity contribution < 1.29 is 19.1 Å². The molecule has 0 fully saturated rings. The van der Waals surface area contributed by atoms with Gasteiger partial charge in [-0.2, -0.15) is 0 Å². The van der Waals surface area contributed by atoms with E-state index in [2.05, 4.69) is 22.6 Å². The van der Waals surface area contributed by atoms with Crippen LogP contribution in [0.15, 0.2) is 109 Å². The Kier molecular flexibility index (Phi) is 14.9. The van der Waals surface area contributed by atoms with Crippen LogP contribution in [0.1, 0.15) is 99.6 Å². The molecule has 0 saturated carbocycles. The SMILES string of the molecule is CCCCCCCCCCCCNC(=O)C1c2cccc(c2)-c2ccc(cc2)OCc2cn(nn2)CCOc2ccc(cc2)CC(=O)N1Cc1ccccc1. The number of aromatic nitrogens is 3. The average molecular weight is 742 g/mol. The van der Waals surface area contributed by atoms with Crippen molar-refractivity contribution in [2.45, 2.75) is 103 Å². The largest absolute Gasteiger partial charge is 0.492 e. The summed E-state index contributed by atoms with van der Waals surface area (Å²) in [6.07, 6.45) is 14.2. The second-order valence-corrected chi connectivity index (χ2v) is 14.5. The van der Waals surface area contributed by atoms with Crippen LogP contribution in [0.4, 0.5) is 0 Å². The number of carbonyl (C=O) groups excluding carboxylic acids is 2. The highest BCUT2D eigenvalue weighted by molar-refractivity contribution is 5.90. The summed E-state index contributed by atoms with van der Waals surface area (Å²) in [6.45, 7) is 4.33. The average Bonchev–Trinajstić information content (AvgIpc) is 3.67. The third-order valence-corrected chi connectivity index (χ3v) is 10.1. The monoisotopic (exact) mass is 741 g/mol. The van der Waals surface area contributed by atoms with E-state index in [1.807, 2.05) is 109 Å². The molecule has 0 spiro atoms. The van der Waals surface area contributed by atoms with Crippen LogP contribution in [-0.4, -0.2) is 44.9 Å². The first-order valence-electron chi connectivity index (χ1n) is 20.1. The normalized spacial score (nSPS) is 14.7. The van der Waals surface area contributed by atoms with Crippen LogP contribution in [0, 0.1) is 0 Å². The Bertz CT molecular complexity index is 1910. The van der Waals surface area contributed by atoms with E-state index in [0.717, 1.165) is 46.4 Å². The third-order valence-electron chi connectivity index (χ3n) is 10.1. The molecule has 1 N–H and O–H groups in total. The Hall–Kier alpha value is -5.44. The van der Waals surface area contributed by atoms with E-state index >= 15 is 0 Å². The van der Waals surface area contributed by atoms with Gasteiger partial charge in [0.2, 0.25) is 11.8 Å². The summed E-state index contributed by atoms with van der Waals surface area (Å²) >= 11 is 0. The molecule has 4 aliphatic heterocycles. The lowest BCUT2D eigenvalue weighted by atomic mass is 9.96. The standard InChI is InChI=1S/C46H55N5O4/c1-2-3-4-5-6-7-8-9-10-14-28-47-46(53)45-40-19-15-18-39(32-40)38-22-26-43(27-23-38)55-35-41-34-50(49-48-41)29-30-54-42-24-20-36(21-25-42)31-44(52)51(45)33-37-16-12-11-13-17-37/h11-13,15-27,32,34,45H,2-10,14,28-31,33,35H2,1H3,(H,47,53). The van der Waals surface area contributed by atoms with Gasteiger partial charge in [-0.25, -0.2) is 4.68 Å². The lowest BCUT2D eigenvalue weighted by molar-refractivity contribution is -0.141. The molecule has 9 heteroatoms. The van der Waals surface area contributed by atoms with Crippen LogP contribution in [0.3, 0.4) is 0 Å². The third kappa shape index (κ3) is 12.0. The van der Waals surface area contributed by atoms with Gasteiger partial charge in [0.15, 0.2) is 0 Å². The number of unbranched alkanes of at least 4 members (excludes halogenated alkanes) is 9. The number of hydrogen-bond donors (Lipinski definition) is 1. The van der Waals surface area contributed by atoms with Gasteiger partial charge in [-0.15, -0.1) is 5.10 Å². The van der Waals surface area contributed by atoms with E-state index in [9.17, 15) is 9.59 Å². The summed E-state index contributed by atoms with van der Waals surface area (Å²) < 4.78 is 13.8.